The van der Waals surface area contributed by atoms with Crippen molar-refractivity contribution in [2.24, 2.45) is 0 Å². The minimum absolute atomic E-state index is 0.0339. The maximum absolute atomic E-state index is 11.1. The van der Waals surface area contributed by atoms with Crippen molar-refractivity contribution in [2.75, 3.05) is 13.1 Å². The average Bonchev–Trinajstić information content (AvgIpc) is 2.67. The Bertz CT molecular complexity index is 280. The van der Waals surface area contributed by atoms with Gasteiger partial charge in [-0.05, 0) is 6.07 Å². The number of nitrogens with one attached hydrogen (secondary N) is 2. The van der Waals surface area contributed by atoms with Crippen molar-refractivity contribution in [1.29, 1.82) is 0 Å². The van der Waals surface area contributed by atoms with Crippen molar-refractivity contribution >= 4 is 5.91 Å². The van der Waals surface area contributed by atoms with Gasteiger partial charge in [-0.3, -0.25) is 4.79 Å². The first-order valence-corrected chi connectivity index (χ1v) is 4.42. The number of hydrogen-bond donors (Lipinski definition) is 2. The number of rotatable bonds is 6. The molecule has 0 bridgehead atoms. The minimum atomic E-state index is -0.0339. The Balaban J connectivity index is 2.09. The smallest absolute Gasteiger partial charge is 0.234 e. The van der Waals surface area contributed by atoms with Crippen molar-refractivity contribution in [1.82, 2.24) is 10.6 Å². The lowest BCUT2D eigenvalue weighted by molar-refractivity contribution is -0.120. The molecule has 2 N–H and O–H groups in total. The van der Waals surface area contributed by atoms with Crippen molar-refractivity contribution in [2.45, 2.75) is 6.54 Å². The Morgan fingerprint density at radius 3 is 3.14 bits per heavy atom. The van der Waals surface area contributed by atoms with Gasteiger partial charge in [-0.1, -0.05) is 6.08 Å². The fourth-order valence-corrected chi connectivity index (χ4v) is 0.962. The maximum Gasteiger partial charge on any atom is 0.234 e. The van der Waals surface area contributed by atoms with E-state index in [0.29, 0.717) is 19.6 Å². The third-order valence-electron chi connectivity index (χ3n) is 1.64. The summed E-state index contributed by atoms with van der Waals surface area (Å²) in [7, 11) is 0. The Morgan fingerprint density at radius 1 is 1.64 bits per heavy atom. The molecule has 0 atom stereocenters. The summed E-state index contributed by atoms with van der Waals surface area (Å²) in [4.78, 5) is 11.1. The van der Waals surface area contributed by atoms with Gasteiger partial charge in [-0.2, -0.15) is 0 Å². The molecule has 0 spiro atoms. The van der Waals surface area contributed by atoms with Crippen LogP contribution < -0.4 is 10.6 Å². The predicted molar refractivity (Wildman–Crippen MR) is 53.6 cm³/mol. The zero-order chi connectivity index (χ0) is 10.2. The van der Waals surface area contributed by atoms with Crippen LogP contribution in [0.3, 0.4) is 0 Å². The third-order valence-corrected chi connectivity index (χ3v) is 1.64. The highest BCUT2D eigenvalue weighted by atomic mass is 16.3. The lowest BCUT2D eigenvalue weighted by Gasteiger charge is -2.02. The molecular formula is C10H14N2O2. The van der Waals surface area contributed by atoms with Crippen LogP contribution in [0.15, 0.2) is 35.7 Å². The molecule has 1 aromatic rings. The van der Waals surface area contributed by atoms with E-state index in [4.69, 9.17) is 4.42 Å². The molecule has 4 heteroatoms. The van der Waals surface area contributed by atoms with E-state index < -0.39 is 0 Å². The molecule has 1 rings (SSSR count). The average molecular weight is 194 g/mol. The second-order valence-electron chi connectivity index (χ2n) is 2.83. The van der Waals surface area contributed by atoms with Crippen LogP contribution in [0.2, 0.25) is 0 Å². The molecule has 0 aliphatic rings. The highest BCUT2D eigenvalue weighted by Crippen LogP contribution is 1.97. The summed E-state index contributed by atoms with van der Waals surface area (Å²) in [6.45, 7) is 4.95. The van der Waals surface area contributed by atoms with Crippen molar-refractivity contribution in [3.63, 3.8) is 0 Å². The molecule has 76 valence electrons. The van der Waals surface area contributed by atoms with Crippen LogP contribution in [0.25, 0.3) is 0 Å². The zero-order valence-corrected chi connectivity index (χ0v) is 7.95. The monoisotopic (exact) mass is 194 g/mol. The number of carbonyl (C=O) groups is 1. The predicted octanol–water partition coefficient (Wildman–Crippen LogP) is 0.671. The van der Waals surface area contributed by atoms with Gasteiger partial charge in [0, 0.05) is 18.7 Å². The fraction of sp³-hybridized carbons (Fsp3) is 0.300. The minimum Gasteiger partial charge on any atom is -0.472 e. The van der Waals surface area contributed by atoms with E-state index in [9.17, 15) is 4.79 Å². The molecule has 0 fully saturated rings. The molecule has 0 aliphatic carbocycles. The summed E-state index contributed by atoms with van der Waals surface area (Å²) in [6.07, 6.45) is 4.90. The van der Waals surface area contributed by atoms with Gasteiger partial charge in [0.05, 0.1) is 19.1 Å². The van der Waals surface area contributed by atoms with Gasteiger partial charge in [0.15, 0.2) is 0 Å². The van der Waals surface area contributed by atoms with Gasteiger partial charge in [-0.15, -0.1) is 6.58 Å². The summed E-state index contributed by atoms with van der Waals surface area (Å²) >= 11 is 0. The van der Waals surface area contributed by atoms with Crippen LogP contribution in [-0.2, 0) is 11.3 Å². The van der Waals surface area contributed by atoms with Gasteiger partial charge < -0.3 is 15.1 Å². The standard InChI is InChI=1S/C10H14N2O2/c1-2-4-12-10(13)7-11-6-9-3-5-14-8-9/h2-3,5,8,11H,1,4,6-7H2,(H,12,13). The lowest BCUT2D eigenvalue weighted by Crippen LogP contribution is -2.33. The molecule has 14 heavy (non-hydrogen) atoms. The van der Waals surface area contributed by atoms with Crippen molar-refractivity contribution in [3.8, 4) is 0 Å². The van der Waals surface area contributed by atoms with Crippen LogP contribution in [0.4, 0.5) is 0 Å². The van der Waals surface area contributed by atoms with E-state index in [1.165, 1.54) is 0 Å². The molecule has 0 unspecified atom stereocenters. The SMILES string of the molecule is C=CCNC(=O)CNCc1ccoc1. The van der Waals surface area contributed by atoms with Crippen LogP contribution in [-0.4, -0.2) is 19.0 Å². The van der Waals surface area contributed by atoms with E-state index in [1.807, 2.05) is 6.07 Å². The Kier molecular flexibility index (Phi) is 4.50. The molecule has 0 radical (unpaired) electrons. The second-order valence-corrected chi connectivity index (χ2v) is 2.83. The summed E-state index contributed by atoms with van der Waals surface area (Å²) in [5.41, 5.74) is 1.03. The van der Waals surface area contributed by atoms with E-state index in [2.05, 4.69) is 17.2 Å². The van der Waals surface area contributed by atoms with Gasteiger partial charge in [-0.25, -0.2) is 0 Å². The molecule has 1 aromatic heterocycles. The largest absolute Gasteiger partial charge is 0.472 e. The van der Waals surface area contributed by atoms with Gasteiger partial charge in [0.1, 0.15) is 0 Å². The number of hydrogen-bond acceptors (Lipinski definition) is 3. The Morgan fingerprint density at radius 2 is 2.50 bits per heavy atom. The van der Waals surface area contributed by atoms with Crippen LogP contribution >= 0.6 is 0 Å². The first-order valence-electron chi connectivity index (χ1n) is 4.42. The fourth-order valence-electron chi connectivity index (χ4n) is 0.962. The van der Waals surface area contributed by atoms with Crippen LogP contribution in [0.1, 0.15) is 5.56 Å². The number of carbonyl (C=O) groups excluding carboxylic acids is 1. The normalized spacial score (nSPS) is 9.71. The summed E-state index contributed by atoms with van der Waals surface area (Å²) in [5.74, 6) is -0.0339. The molecule has 0 saturated heterocycles. The molecule has 4 nitrogen and oxygen atoms in total. The van der Waals surface area contributed by atoms with E-state index in [-0.39, 0.29) is 5.91 Å². The van der Waals surface area contributed by atoms with Crippen molar-refractivity contribution < 1.29 is 9.21 Å². The van der Waals surface area contributed by atoms with Gasteiger partial charge in [0.25, 0.3) is 0 Å². The molecular weight excluding hydrogens is 180 g/mol. The molecule has 1 heterocycles. The number of amides is 1. The second kappa shape index (κ2) is 5.99. The quantitative estimate of drug-likeness (QED) is 0.654. The summed E-state index contributed by atoms with van der Waals surface area (Å²) in [5, 5.41) is 5.66. The zero-order valence-electron chi connectivity index (χ0n) is 7.95. The molecule has 0 saturated carbocycles. The highest BCUT2D eigenvalue weighted by Gasteiger charge is 1.98. The topological polar surface area (TPSA) is 54.3 Å². The molecule has 1 amide bonds. The Labute approximate surface area is 83.0 Å². The van der Waals surface area contributed by atoms with Crippen molar-refractivity contribution in [3.05, 3.63) is 36.8 Å². The molecule has 0 aliphatic heterocycles. The third kappa shape index (κ3) is 3.91. The van der Waals surface area contributed by atoms with E-state index >= 15 is 0 Å². The maximum atomic E-state index is 11.1. The highest BCUT2D eigenvalue weighted by molar-refractivity contribution is 5.78. The van der Waals surface area contributed by atoms with Gasteiger partial charge in [0.2, 0.25) is 5.91 Å². The Hall–Kier alpha value is -1.55. The van der Waals surface area contributed by atoms with Gasteiger partial charge >= 0.3 is 0 Å². The first-order chi connectivity index (χ1) is 6.83. The number of furan rings is 1. The molecule has 0 aromatic carbocycles. The van der Waals surface area contributed by atoms with Crippen LogP contribution in [0, 0.1) is 0 Å². The lowest BCUT2D eigenvalue weighted by atomic mass is 10.3. The van der Waals surface area contributed by atoms with Crippen LogP contribution in [0.5, 0.6) is 0 Å². The summed E-state index contributed by atoms with van der Waals surface area (Å²) < 4.78 is 4.88. The first kappa shape index (κ1) is 10.5. The van der Waals surface area contributed by atoms with E-state index in [0.717, 1.165) is 5.56 Å². The summed E-state index contributed by atoms with van der Waals surface area (Å²) in [6, 6.07) is 1.86. The van der Waals surface area contributed by atoms with E-state index in [1.54, 1.807) is 18.6 Å².